The average Bonchev–Trinajstić information content (AvgIpc) is 2.82. The first-order valence-electron chi connectivity index (χ1n) is 7.46. The summed E-state index contributed by atoms with van der Waals surface area (Å²) < 4.78 is 0. The van der Waals surface area contributed by atoms with Crippen LogP contribution in [0, 0.1) is 23.7 Å². The van der Waals surface area contributed by atoms with Gasteiger partial charge in [-0.15, -0.1) is 0 Å². The molecule has 1 aliphatic heterocycles. The van der Waals surface area contributed by atoms with Crippen LogP contribution in [0.25, 0.3) is 0 Å². The molecule has 21 heavy (non-hydrogen) atoms. The number of hydrogen-bond donors (Lipinski definition) is 1. The summed E-state index contributed by atoms with van der Waals surface area (Å²) in [4.78, 5) is 26.8. The summed E-state index contributed by atoms with van der Waals surface area (Å²) in [6.45, 7) is -0.0935. The number of carbonyl (C=O) groups is 2. The Balaban J connectivity index is 1.75. The molecule has 2 bridgehead atoms. The maximum Gasteiger partial charge on any atom is 0.238 e. The van der Waals surface area contributed by atoms with Gasteiger partial charge in [0, 0.05) is 0 Å². The SMILES string of the molecule is O=C1C2C3C=CC(CC3)C2C(=O)N1c1cccc(CO)c1. The number of hydrogen-bond acceptors (Lipinski definition) is 3. The minimum Gasteiger partial charge on any atom is -0.392 e. The fraction of sp³-hybridized carbons (Fsp3) is 0.412. The highest BCUT2D eigenvalue weighted by Crippen LogP contribution is 2.50. The number of carbonyl (C=O) groups excluding carboxylic acids is 2. The van der Waals surface area contributed by atoms with E-state index in [1.54, 1.807) is 24.3 Å². The molecule has 4 heteroatoms. The summed E-state index contributed by atoms with van der Waals surface area (Å²) in [5.74, 6) is -0.0821. The lowest BCUT2D eigenvalue weighted by Gasteiger charge is -2.38. The monoisotopic (exact) mass is 283 g/mol. The zero-order valence-corrected chi connectivity index (χ0v) is 11.6. The quantitative estimate of drug-likeness (QED) is 0.666. The molecule has 2 amide bonds. The van der Waals surface area contributed by atoms with E-state index in [0.717, 1.165) is 12.8 Å². The van der Waals surface area contributed by atoms with Crippen molar-refractivity contribution in [1.29, 1.82) is 0 Å². The Kier molecular flexibility index (Phi) is 2.76. The second kappa shape index (κ2) is 4.53. The van der Waals surface area contributed by atoms with Crippen molar-refractivity contribution < 1.29 is 14.7 Å². The Morgan fingerprint density at radius 3 is 2.19 bits per heavy atom. The summed E-state index contributed by atoms with van der Waals surface area (Å²) in [5.41, 5.74) is 1.30. The highest BCUT2D eigenvalue weighted by Gasteiger charge is 2.56. The van der Waals surface area contributed by atoms with Crippen molar-refractivity contribution in [2.75, 3.05) is 4.90 Å². The van der Waals surface area contributed by atoms with Gasteiger partial charge in [0.15, 0.2) is 0 Å². The Morgan fingerprint density at radius 1 is 1.05 bits per heavy atom. The molecule has 2 fully saturated rings. The van der Waals surface area contributed by atoms with Gasteiger partial charge in [0.2, 0.25) is 11.8 Å². The topological polar surface area (TPSA) is 57.6 Å². The standard InChI is InChI=1S/C17H17NO3/c19-9-10-2-1-3-13(8-10)18-16(20)14-11-4-5-12(7-6-11)15(14)17(18)21/h1-5,8,11-12,14-15,19H,6-7,9H2. The maximum absolute atomic E-state index is 12.7. The van der Waals surface area contributed by atoms with Gasteiger partial charge in [0.25, 0.3) is 0 Å². The van der Waals surface area contributed by atoms with Gasteiger partial charge in [-0.05, 0) is 42.4 Å². The Labute approximate surface area is 123 Å². The normalized spacial score (nSPS) is 33.7. The summed E-state index contributed by atoms with van der Waals surface area (Å²) in [6.07, 6.45) is 6.25. The second-order valence-electron chi connectivity index (χ2n) is 6.18. The summed E-state index contributed by atoms with van der Waals surface area (Å²) >= 11 is 0. The van der Waals surface area contributed by atoms with Gasteiger partial charge in [-0.3, -0.25) is 14.5 Å². The van der Waals surface area contributed by atoms with E-state index in [-0.39, 0.29) is 42.1 Å². The fourth-order valence-electron chi connectivity index (χ4n) is 4.12. The molecule has 1 saturated carbocycles. The van der Waals surface area contributed by atoms with Crippen molar-refractivity contribution in [2.24, 2.45) is 23.7 Å². The minimum atomic E-state index is -0.181. The van der Waals surface area contributed by atoms with Crippen LogP contribution in [0.15, 0.2) is 36.4 Å². The van der Waals surface area contributed by atoms with Crippen LogP contribution >= 0.6 is 0 Å². The summed E-state index contributed by atoms with van der Waals surface area (Å²) in [5, 5.41) is 9.24. The lowest BCUT2D eigenvalue weighted by molar-refractivity contribution is -0.124. The third kappa shape index (κ3) is 1.72. The molecule has 4 unspecified atom stereocenters. The van der Waals surface area contributed by atoms with E-state index in [2.05, 4.69) is 12.2 Å². The molecule has 1 aromatic rings. The number of benzene rings is 1. The zero-order chi connectivity index (χ0) is 14.6. The van der Waals surface area contributed by atoms with Gasteiger partial charge < -0.3 is 5.11 Å². The first-order chi connectivity index (χ1) is 10.2. The second-order valence-corrected chi connectivity index (χ2v) is 6.18. The largest absolute Gasteiger partial charge is 0.392 e. The highest BCUT2D eigenvalue weighted by atomic mass is 16.3. The zero-order valence-electron chi connectivity index (χ0n) is 11.6. The third-order valence-electron chi connectivity index (χ3n) is 5.11. The molecular formula is C17H17NO3. The lowest BCUT2D eigenvalue weighted by Crippen LogP contribution is -2.38. The van der Waals surface area contributed by atoms with Crippen LogP contribution in [-0.2, 0) is 16.2 Å². The van der Waals surface area contributed by atoms with E-state index in [4.69, 9.17) is 0 Å². The number of aliphatic hydroxyl groups is 1. The molecule has 1 aromatic carbocycles. The Hall–Kier alpha value is -1.94. The van der Waals surface area contributed by atoms with Crippen LogP contribution < -0.4 is 4.90 Å². The molecule has 1 saturated heterocycles. The predicted octanol–water partition coefficient (Wildman–Crippen LogP) is 1.88. The van der Waals surface area contributed by atoms with Crippen molar-refractivity contribution in [3.05, 3.63) is 42.0 Å². The van der Waals surface area contributed by atoms with Gasteiger partial charge in [0.1, 0.15) is 0 Å². The number of aliphatic hydroxyl groups excluding tert-OH is 1. The maximum atomic E-state index is 12.7. The predicted molar refractivity (Wildman–Crippen MR) is 77.2 cm³/mol. The molecule has 0 aromatic heterocycles. The van der Waals surface area contributed by atoms with Crippen molar-refractivity contribution in [1.82, 2.24) is 0 Å². The van der Waals surface area contributed by atoms with Gasteiger partial charge in [-0.2, -0.15) is 0 Å². The van der Waals surface area contributed by atoms with Gasteiger partial charge >= 0.3 is 0 Å². The van der Waals surface area contributed by atoms with Crippen molar-refractivity contribution in [3.8, 4) is 0 Å². The number of amides is 2. The van der Waals surface area contributed by atoms with Crippen LogP contribution in [0.4, 0.5) is 5.69 Å². The number of nitrogens with zero attached hydrogens (tertiary/aromatic N) is 1. The third-order valence-corrected chi connectivity index (χ3v) is 5.11. The smallest absolute Gasteiger partial charge is 0.238 e. The molecule has 0 radical (unpaired) electrons. The first-order valence-corrected chi connectivity index (χ1v) is 7.46. The van der Waals surface area contributed by atoms with E-state index in [9.17, 15) is 14.7 Å². The number of imide groups is 1. The number of rotatable bonds is 2. The van der Waals surface area contributed by atoms with Crippen LogP contribution in [0.5, 0.6) is 0 Å². The molecule has 5 rings (SSSR count). The minimum absolute atomic E-state index is 0.0702. The first kappa shape index (κ1) is 12.8. The van der Waals surface area contributed by atoms with Crippen LogP contribution in [0.2, 0.25) is 0 Å². The van der Waals surface area contributed by atoms with Crippen molar-refractivity contribution >= 4 is 17.5 Å². The average molecular weight is 283 g/mol. The Morgan fingerprint density at radius 2 is 1.67 bits per heavy atom. The van der Waals surface area contributed by atoms with Gasteiger partial charge in [0.05, 0.1) is 24.1 Å². The number of fused-ring (bicyclic) bond motifs is 1. The molecule has 3 aliphatic carbocycles. The van der Waals surface area contributed by atoms with Crippen LogP contribution in [0.3, 0.4) is 0 Å². The molecule has 1 N–H and O–H groups in total. The fourth-order valence-corrected chi connectivity index (χ4v) is 4.12. The molecule has 0 spiro atoms. The van der Waals surface area contributed by atoms with Crippen molar-refractivity contribution in [2.45, 2.75) is 19.4 Å². The molecule has 4 atom stereocenters. The van der Waals surface area contributed by atoms with E-state index < -0.39 is 0 Å². The van der Waals surface area contributed by atoms with E-state index in [0.29, 0.717) is 11.3 Å². The number of allylic oxidation sites excluding steroid dienone is 2. The lowest BCUT2D eigenvalue weighted by atomic mass is 9.63. The number of anilines is 1. The molecule has 108 valence electrons. The summed E-state index contributed by atoms with van der Waals surface area (Å²) in [7, 11) is 0. The molecule has 4 nitrogen and oxygen atoms in total. The van der Waals surface area contributed by atoms with Crippen molar-refractivity contribution in [3.63, 3.8) is 0 Å². The summed E-state index contributed by atoms with van der Waals surface area (Å²) in [6, 6.07) is 7.05. The van der Waals surface area contributed by atoms with E-state index in [1.807, 2.05) is 0 Å². The van der Waals surface area contributed by atoms with Crippen LogP contribution in [0.1, 0.15) is 18.4 Å². The highest BCUT2D eigenvalue weighted by molar-refractivity contribution is 6.22. The van der Waals surface area contributed by atoms with Gasteiger partial charge in [-0.1, -0.05) is 24.3 Å². The van der Waals surface area contributed by atoms with Crippen LogP contribution in [-0.4, -0.2) is 16.9 Å². The van der Waals surface area contributed by atoms with Gasteiger partial charge in [-0.25, -0.2) is 0 Å². The molecular weight excluding hydrogens is 266 g/mol. The van der Waals surface area contributed by atoms with E-state index >= 15 is 0 Å². The molecule has 1 heterocycles. The molecule has 4 aliphatic rings. The Bertz CT molecular complexity index is 619. The van der Waals surface area contributed by atoms with E-state index in [1.165, 1.54) is 4.90 Å².